The molecule has 0 fully saturated rings. The minimum atomic E-state index is -1.07. The Morgan fingerprint density at radius 1 is 1.03 bits per heavy atom. The number of ketones is 1. The number of Topliss-reactive ketones (excluding diaryl/α,β-unsaturated/α-hetero) is 1. The molecule has 2 N–H and O–H groups in total. The molecule has 0 unspecified atom stereocenters. The molecule has 1 heterocycles. The summed E-state index contributed by atoms with van der Waals surface area (Å²) in [5.41, 5.74) is 4.49. The van der Waals surface area contributed by atoms with Crippen molar-refractivity contribution in [1.82, 2.24) is 9.97 Å². The van der Waals surface area contributed by atoms with Gasteiger partial charge in [0, 0.05) is 28.6 Å². The maximum Gasteiger partial charge on any atom is 0.255 e. The molecule has 1 amide bonds. The SMILES string of the molecule is COc1cc(-c2cncc(C[C@@H](C)c3cccc(NC(=O)c4ccc(C(=O)CF)cc4)c3)n2)ccc1O. The van der Waals surface area contributed by atoms with E-state index in [1.165, 1.54) is 31.4 Å². The number of ether oxygens (including phenoxy) is 1. The summed E-state index contributed by atoms with van der Waals surface area (Å²) in [6.45, 7) is 0.997. The topological polar surface area (TPSA) is 101 Å². The molecule has 0 aliphatic heterocycles. The first-order valence-corrected chi connectivity index (χ1v) is 11.7. The van der Waals surface area contributed by atoms with Crippen LogP contribution in [0.15, 0.2) is 79.1 Å². The van der Waals surface area contributed by atoms with E-state index in [4.69, 9.17) is 9.72 Å². The van der Waals surface area contributed by atoms with E-state index in [1.807, 2.05) is 18.2 Å². The van der Waals surface area contributed by atoms with E-state index in [-0.39, 0.29) is 23.1 Å². The van der Waals surface area contributed by atoms with E-state index >= 15 is 0 Å². The van der Waals surface area contributed by atoms with Crippen molar-refractivity contribution in [1.29, 1.82) is 0 Å². The third-order valence-electron chi connectivity index (χ3n) is 5.98. The van der Waals surface area contributed by atoms with E-state index in [2.05, 4.69) is 17.2 Å². The fourth-order valence-corrected chi connectivity index (χ4v) is 3.92. The van der Waals surface area contributed by atoms with E-state index in [0.29, 0.717) is 29.1 Å². The third kappa shape index (κ3) is 6.16. The van der Waals surface area contributed by atoms with Crippen LogP contribution in [0.3, 0.4) is 0 Å². The number of amides is 1. The van der Waals surface area contributed by atoms with Crippen LogP contribution in [0.1, 0.15) is 44.8 Å². The average Bonchev–Trinajstić information content (AvgIpc) is 2.93. The molecule has 0 bridgehead atoms. The molecular weight excluding hydrogens is 473 g/mol. The lowest BCUT2D eigenvalue weighted by Gasteiger charge is -2.14. The van der Waals surface area contributed by atoms with Crippen LogP contribution in [0.4, 0.5) is 10.1 Å². The predicted octanol–water partition coefficient (Wildman–Crippen LogP) is 5.61. The van der Waals surface area contributed by atoms with Crippen molar-refractivity contribution in [2.24, 2.45) is 0 Å². The summed E-state index contributed by atoms with van der Waals surface area (Å²) < 4.78 is 17.7. The van der Waals surface area contributed by atoms with Crippen molar-refractivity contribution < 1.29 is 23.8 Å². The van der Waals surface area contributed by atoms with Gasteiger partial charge in [-0.3, -0.25) is 14.6 Å². The van der Waals surface area contributed by atoms with Gasteiger partial charge in [-0.1, -0.05) is 31.2 Å². The number of nitrogens with one attached hydrogen (secondary N) is 1. The van der Waals surface area contributed by atoms with E-state index in [9.17, 15) is 19.1 Å². The summed E-state index contributed by atoms with van der Waals surface area (Å²) in [5.74, 6) is -0.443. The van der Waals surface area contributed by atoms with Crippen molar-refractivity contribution in [3.8, 4) is 22.8 Å². The number of benzene rings is 3. The number of phenolic OH excluding ortho intramolecular Hbond substituents is 1. The van der Waals surface area contributed by atoms with Gasteiger partial charge >= 0.3 is 0 Å². The fourth-order valence-electron chi connectivity index (χ4n) is 3.92. The van der Waals surface area contributed by atoms with Gasteiger partial charge in [0.15, 0.2) is 24.0 Å². The molecule has 0 spiro atoms. The number of hydrogen-bond acceptors (Lipinski definition) is 6. The van der Waals surface area contributed by atoms with Crippen LogP contribution in [-0.4, -0.2) is 40.5 Å². The van der Waals surface area contributed by atoms with Gasteiger partial charge < -0.3 is 15.2 Å². The molecule has 188 valence electrons. The number of aromatic hydroxyl groups is 1. The summed E-state index contributed by atoms with van der Waals surface area (Å²) in [7, 11) is 1.49. The standard InChI is InChI=1S/C29H26FN3O4/c1-18(12-24-16-31-17-25(32-24)22-10-11-26(34)28(14-22)37-2)21-4-3-5-23(13-21)33-29(36)20-8-6-19(7-9-20)27(35)15-30/h3-11,13-14,16-18,34H,12,15H2,1-2H3,(H,33,36)/t18-/m1/s1. The van der Waals surface area contributed by atoms with Gasteiger partial charge in [0.05, 0.1) is 24.7 Å². The molecular formula is C29H26FN3O4. The third-order valence-corrected chi connectivity index (χ3v) is 5.98. The van der Waals surface area contributed by atoms with Gasteiger partial charge in [-0.2, -0.15) is 0 Å². The monoisotopic (exact) mass is 499 g/mol. The Hall–Kier alpha value is -4.59. The number of aromatic nitrogens is 2. The zero-order valence-electron chi connectivity index (χ0n) is 20.4. The molecule has 0 saturated carbocycles. The normalized spacial score (nSPS) is 11.5. The van der Waals surface area contributed by atoms with Crippen LogP contribution in [0.5, 0.6) is 11.5 Å². The highest BCUT2D eigenvalue weighted by molar-refractivity contribution is 6.05. The van der Waals surface area contributed by atoms with E-state index < -0.39 is 12.5 Å². The smallest absolute Gasteiger partial charge is 0.255 e. The van der Waals surface area contributed by atoms with Gasteiger partial charge in [-0.05, 0) is 60.4 Å². The number of carbonyl (C=O) groups excluding carboxylic acids is 2. The molecule has 8 heteroatoms. The molecule has 4 rings (SSSR count). The fraction of sp³-hybridized carbons (Fsp3) is 0.172. The first-order valence-electron chi connectivity index (χ1n) is 11.7. The lowest BCUT2D eigenvalue weighted by atomic mass is 9.95. The molecule has 0 radical (unpaired) electrons. The van der Waals surface area contributed by atoms with Gasteiger partial charge in [0.2, 0.25) is 0 Å². The number of hydrogen-bond donors (Lipinski definition) is 2. The number of phenols is 1. The lowest BCUT2D eigenvalue weighted by molar-refractivity contribution is 0.0957. The average molecular weight is 500 g/mol. The number of anilines is 1. The highest BCUT2D eigenvalue weighted by Crippen LogP contribution is 2.31. The number of methoxy groups -OCH3 is 1. The number of carbonyl (C=O) groups is 2. The van der Waals surface area contributed by atoms with Gasteiger partial charge in [0.25, 0.3) is 5.91 Å². The van der Waals surface area contributed by atoms with Crippen LogP contribution in [0, 0.1) is 0 Å². The van der Waals surface area contributed by atoms with Crippen LogP contribution >= 0.6 is 0 Å². The van der Waals surface area contributed by atoms with Crippen molar-refractivity contribution in [2.75, 3.05) is 19.1 Å². The van der Waals surface area contributed by atoms with Crippen molar-refractivity contribution in [2.45, 2.75) is 19.3 Å². The molecule has 0 saturated heterocycles. The Kier molecular flexibility index (Phi) is 7.88. The predicted molar refractivity (Wildman–Crippen MR) is 139 cm³/mol. The minimum absolute atomic E-state index is 0.0554. The maximum atomic E-state index is 12.7. The summed E-state index contributed by atoms with van der Waals surface area (Å²) in [5, 5.41) is 12.7. The number of rotatable bonds is 9. The Bertz CT molecular complexity index is 1420. The second-order valence-corrected chi connectivity index (χ2v) is 8.60. The highest BCUT2D eigenvalue weighted by Gasteiger charge is 2.13. The maximum absolute atomic E-state index is 12.7. The van der Waals surface area contributed by atoms with E-state index in [0.717, 1.165) is 16.8 Å². The Morgan fingerprint density at radius 2 is 1.78 bits per heavy atom. The van der Waals surface area contributed by atoms with Crippen molar-refractivity contribution in [3.05, 3.63) is 102 Å². The minimum Gasteiger partial charge on any atom is -0.504 e. The van der Waals surface area contributed by atoms with Crippen LogP contribution in [-0.2, 0) is 6.42 Å². The molecule has 4 aromatic rings. The number of nitrogens with zero attached hydrogens (tertiary/aromatic N) is 2. The quantitative estimate of drug-likeness (QED) is 0.290. The first-order chi connectivity index (χ1) is 17.9. The summed E-state index contributed by atoms with van der Waals surface area (Å²) in [6.07, 6.45) is 4.01. The number of alkyl halides is 1. The van der Waals surface area contributed by atoms with Crippen molar-refractivity contribution in [3.63, 3.8) is 0 Å². The van der Waals surface area contributed by atoms with E-state index in [1.54, 1.807) is 36.7 Å². The molecule has 0 aliphatic carbocycles. The molecule has 0 aliphatic rings. The van der Waals surface area contributed by atoms with Crippen LogP contribution in [0.2, 0.25) is 0 Å². The zero-order valence-corrected chi connectivity index (χ0v) is 20.4. The largest absolute Gasteiger partial charge is 0.504 e. The van der Waals surface area contributed by atoms with Gasteiger partial charge in [-0.15, -0.1) is 0 Å². The summed E-state index contributed by atoms with van der Waals surface area (Å²) in [4.78, 5) is 33.2. The first kappa shape index (κ1) is 25.5. The lowest BCUT2D eigenvalue weighted by Crippen LogP contribution is -2.13. The Morgan fingerprint density at radius 3 is 2.51 bits per heavy atom. The molecule has 3 aromatic carbocycles. The van der Waals surface area contributed by atoms with Gasteiger partial charge in [0.1, 0.15) is 0 Å². The zero-order chi connectivity index (χ0) is 26.4. The summed E-state index contributed by atoms with van der Waals surface area (Å²) in [6, 6.07) is 18.5. The number of halogens is 1. The molecule has 1 aromatic heterocycles. The van der Waals surface area contributed by atoms with Crippen molar-refractivity contribution >= 4 is 17.4 Å². The Labute approximate surface area is 214 Å². The van der Waals surface area contributed by atoms with Crippen LogP contribution < -0.4 is 10.1 Å². The second-order valence-electron chi connectivity index (χ2n) is 8.60. The second kappa shape index (κ2) is 11.4. The molecule has 1 atom stereocenters. The molecule has 7 nitrogen and oxygen atoms in total. The van der Waals surface area contributed by atoms with Gasteiger partial charge in [-0.25, -0.2) is 9.37 Å². The summed E-state index contributed by atoms with van der Waals surface area (Å²) >= 11 is 0. The van der Waals surface area contributed by atoms with Crippen LogP contribution in [0.25, 0.3) is 11.3 Å². The highest BCUT2D eigenvalue weighted by atomic mass is 19.1. The molecule has 37 heavy (non-hydrogen) atoms. The Balaban J connectivity index is 1.45.